The summed E-state index contributed by atoms with van der Waals surface area (Å²) in [7, 11) is 0.316. The molecule has 1 aliphatic rings. The highest BCUT2D eigenvalue weighted by Gasteiger charge is 2.50. The molecule has 0 aromatic heterocycles. The topological polar surface area (TPSA) is 95.7 Å². The number of carbonyl (C=O) groups is 1. The van der Waals surface area contributed by atoms with Crippen molar-refractivity contribution in [2.75, 3.05) is 0 Å². The van der Waals surface area contributed by atoms with Gasteiger partial charge in [-0.2, -0.15) is 8.42 Å². The van der Waals surface area contributed by atoms with Crippen molar-refractivity contribution >= 4 is 39.4 Å². The molecular weight excluding hydrogens is 375 g/mol. The Morgan fingerprint density at radius 3 is 2.21 bits per heavy atom. The van der Waals surface area contributed by atoms with Crippen LogP contribution in [0.2, 0.25) is 0 Å². The minimum Gasteiger partial charge on any atom is -0.467 e. The highest BCUT2D eigenvalue weighted by atomic mass is 32.2. The number of benzene rings is 2. The molecule has 0 radical (unpaired) electrons. The summed E-state index contributed by atoms with van der Waals surface area (Å²) >= 11 is 0. The number of hydrogen-bond acceptors (Lipinski definition) is 6. The molecule has 1 aliphatic heterocycles. The molecule has 0 fully saturated rings. The number of Topliss-reactive ketones (excluding diaryl/α,β-unsaturated/α-hetero) is 1. The zero-order chi connectivity index (χ0) is 20.7. The lowest BCUT2D eigenvalue weighted by Crippen LogP contribution is -2.40. The molecule has 1 atom stereocenters. The van der Waals surface area contributed by atoms with Crippen molar-refractivity contribution in [2.45, 2.75) is 17.0 Å². The predicted molar refractivity (Wildman–Crippen MR) is 114 cm³/mol. The third-order valence-electron chi connectivity index (χ3n) is 5.07. The molecule has 0 saturated heterocycles. The Hall–Kier alpha value is -2.61. The van der Waals surface area contributed by atoms with Gasteiger partial charge in [0, 0.05) is 0 Å². The Bertz CT molecular complexity index is 1050. The van der Waals surface area contributed by atoms with Crippen LogP contribution in [0.4, 0.5) is 0 Å². The summed E-state index contributed by atoms with van der Waals surface area (Å²) in [6, 6.07) is 15.8. The van der Waals surface area contributed by atoms with Crippen LogP contribution in [-0.2, 0) is 33.9 Å². The van der Waals surface area contributed by atoms with Gasteiger partial charge in [-0.25, -0.2) is 0 Å². The van der Waals surface area contributed by atoms with E-state index in [9.17, 15) is 13.2 Å². The van der Waals surface area contributed by atoms with Crippen molar-refractivity contribution in [3.05, 3.63) is 82.9 Å². The lowest BCUT2D eigenvalue weighted by Gasteiger charge is -2.26. The molecular formula is C18H20B3NO5S. The van der Waals surface area contributed by atoms with Gasteiger partial charge in [-0.05, 0) is 18.1 Å². The highest BCUT2D eigenvalue weighted by Crippen LogP contribution is 2.37. The molecule has 142 valence electrons. The summed E-state index contributed by atoms with van der Waals surface area (Å²) in [5.74, 6) is -1.48. The van der Waals surface area contributed by atoms with Crippen molar-refractivity contribution in [2.24, 2.45) is 5.73 Å². The third-order valence-corrected chi connectivity index (χ3v) is 6.94. The molecule has 0 bridgehead atoms. The molecule has 6 nitrogen and oxygen atoms in total. The number of hydrogen-bond donors (Lipinski definition) is 1. The summed E-state index contributed by atoms with van der Waals surface area (Å²) < 4.78 is 35.4. The smallest absolute Gasteiger partial charge is 0.304 e. The fourth-order valence-electron chi connectivity index (χ4n) is 2.98. The van der Waals surface area contributed by atoms with E-state index in [0.717, 1.165) is 5.56 Å². The Morgan fingerprint density at radius 2 is 1.64 bits per heavy atom. The zero-order valence-corrected chi connectivity index (χ0v) is 17.0. The molecule has 0 aliphatic carbocycles. The summed E-state index contributed by atoms with van der Waals surface area (Å²) in [5, 5.41) is 0. The van der Waals surface area contributed by atoms with Gasteiger partial charge in [0.1, 0.15) is 15.7 Å². The van der Waals surface area contributed by atoms with E-state index < -0.39 is 31.7 Å². The number of aryl methyl sites for hydroxylation is 1. The van der Waals surface area contributed by atoms with Gasteiger partial charge in [0.2, 0.25) is 17.4 Å². The van der Waals surface area contributed by atoms with Gasteiger partial charge >= 0.3 is 10.1 Å². The largest absolute Gasteiger partial charge is 0.467 e. The Labute approximate surface area is 167 Å². The first-order valence-electron chi connectivity index (χ1n) is 8.79. The van der Waals surface area contributed by atoms with E-state index in [2.05, 4.69) is 0 Å². The van der Waals surface area contributed by atoms with Crippen molar-refractivity contribution in [1.82, 2.24) is 0 Å². The van der Waals surface area contributed by atoms with Crippen LogP contribution < -0.4 is 5.73 Å². The maximum Gasteiger partial charge on any atom is 0.304 e. The number of carbonyl (C=O) groups excluding carboxylic acids is 1. The molecule has 1 heterocycles. The van der Waals surface area contributed by atoms with Crippen LogP contribution >= 0.6 is 0 Å². The molecule has 2 aromatic rings. The van der Waals surface area contributed by atoms with E-state index in [-0.39, 0.29) is 5.88 Å². The van der Waals surface area contributed by atoms with Gasteiger partial charge in [-0.3, -0.25) is 4.79 Å². The van der Waals surface area contributed by atoms with Gasteiger partial charge in [0.15, 0.2) is 13.3 Å². The van der Waals surface area contributed by atoms with Gasteiger partial charge < -0.3 is 14.7 Å². The number of rotatable bonds is 5. The van der Waals surface area contributed by atoms with Gasteiger partial charge in [-0.1, -0.05) is 60.2 Å². The van der Waals surface area contributed by atoms with E-state index in [1.807, 2.05) is 19.1 Å². The lowest BCUT2D eigenvalue weighted by molar-refractivity contribution is -0.126. The van der Waals surface area contributed by atoms with E-state index >= 15 is 0 Å². The van der Waals surface area contributed by atoms with Crippen LogP contribution in [0.5, 0.6) is 0 Å². The number of ether oxygens (including phenoxy) is 1. The molecule has 0 saturated carbocycles. The summed E-state index contributed by atoms with van der Waals surface area (Å²) in [5.41, 5.74) is 6.51. The first-order chi connectivity index (χ1) is 13.0. The number of ketones is 1. The molecule has 2 N–H and O–H groups in total. The number of nitrogens with two attached hydrogens (primary N) is 1. The van der Waals surface area contributed by atoms with Crippen molar-refractivity contribution in [1.29, 1.82) is 0 Å². The first kappa shape index (κ1) is 20.1. The standard InChI is InChI=1S/C18H20B3NO5S/c1-11-7-9-12(10-8-11)17(19)15(23)14(16(22)26-17)27-28(24,25)18(20,21)13-5-3-2-4-6-13/h2-10H,19-22H2,1H3. The lowest BCUT2D eigenvalue weighted by atomic mass is 9.65. The monoisotopic (exact) mass is 395 g/mol. The van der Waals surface area contributed by atoms with Gasteiger partial charge in [0.25, 0.3) is 0 Å². The highest BCUT2D eigenvalue weighted by molar-refractivity contribution is 7.90. The second-order valence-corrected chi connectivity index (χ2v) is 9.53. The molecule has 3 rings (SSSR count). The fraction of sp³-hybridized carbons (Fsp3) is 0.167. The first-order valence-corrected chi connectivity index (χ1v) is 10.2. The van der Waals surface area contributed by atoms with Crippen LogP contribution in [0.25, 0.3) is 0 Å². The predicted octanol–water partition coefficient (Wildman–Crippen LogP) is -1.07. The average molecular weight is 395 g/mol. The maximum atomic E-state index is 13.0. The third kappa shape index (κ3) is 3.22. The summed E-state index contributed by atoms with van der Waals surface area (Å²) in [4.78, 5) is 13.0. The second kappa shape index (κ2) is 6.77. The van der Waals surface area contributed by atoms with Crippen LogP contribution in [0.1, 0.15) is 16.7 Å². The maximum absolute atomic E-state index is 13.0. The van der Waals surface area contributed by atoms with Crippen molar-refractivity contribution in [3.63, 3.8) is 0 Å². The van der Waals surface area contributed by atoms with Crippen LogP contribution in [-0.4, -0.2) is 37.7 Å². The van der Waals surface area contributed by atoms with Crippen molar-refractivity contribution < 1.29 is 22.1 Å². The van der Waals surface area contributed by atoms with Crippen molar-refractivity contribution in [3.8, 4) is 0 Å². The van der Waals surface area contributed by atoms with Crippen LogP contribution in [0.15, 0.2) is 66.2 Å². The van der Waals surface area contributed by atoms with E-state index in [4.69, 9.17) is 14.7 Å². The molecule has 28 heavy (non-hydrogen) atoms. The normalized spacial score (nSPS) is 20.1. The minimum atomic E-state index is -4.24. The van der Waals surface area contributed by atoms with Gasteiger partial charge in [-0.15, -0.1) is 0 Å². The Balaban J connectivity index is 1.93. The van der Waals surface area contributed by atoms with E-state index in [1.54, 1.807) is 42.5 Å². The zero-order valence-electron chi connectivity index (χ0n) is 16.2. The van der Waals surface area contributed by atoms with Crippen LogP contribution in [0, 0.1) is 6.92 Å². The quantitative estimate of drug-likeness (QED) is 0.512. The summed E-state index contributed by atoms with van der Waals surface area (Å²) in [6.45, 7) is 1.92. The van der Waals surface area contributed by atoms with Gasteiger partial charge in [0.05, 0.1) is 4.55 Å². The second-order valence-electron chi connectivity index (χ2n) is 7.44. The molecule has 0 spiro atoms. The molecule has 10 heteroatoms. The van der Waals surface area contributed by atoms with Crippen LogP contribution in [0.3, 0.4) is 0 Å². The molecule has 0 amide bonds. The van der Waals surface area contributed by atoms with E-state index in [1.165, 1.54) is 23.5 Å². The fourth-order valence-corrected chi connectivity index (χ4v) is 3.99. The minimum absolute atomic E-state index is 0.347. The molecule has 2 aromatic carbocycles. The molecule has 1 unspecified atom stereocenters. The Kier molecular flexibility index (Phi) is 4.87. The Morgan fingerprint density at radius 1 is 1.07 bits per heavy atom. The summed E-state index contributed by atoms with van der Waals surface area (Å²) in [6.07, 6.45) is 0. The van der Waals surface area contributed by atoms with E-state index in [0.29, 0.717) is 11.1 Å². The average Bonchev–Trinajstić information content (AvgIpc) is 2.86. The SMILES string of the molecule is BC1(c2ccc(C)cc2)OC(N)=C(OS(=O)(=O)C(B)(B)c2ccccc2)C1=O.